The van der Waals surface area contributed by atoms with Gasteiger partial charge in [0.15, 0.2) is 0 Å². The van der Waals surface area contributed by atoms with Crippen molar-refractivity contribution in [1.29, 1.82) is 0 Å². The number of aromatic nitrogens is 1. The Morgan fingerprint density at radius 3 is 2.79 bits per heavy atom. The summed E-state index contributed by atoms with van der Waals surface area (Å²) >= 11 is 0.935. The Morgan fingerprint density at radius 2 is 2.26 bits per heavy atom. The number of piperazine rings is 1. The number of hydrogen-bond donors (Lipinski definition) is 1. The Hall–Kier alpha value is -1.47. The minimum Gasteiger partial charge on any atom is -0.476 e. The number of aromatic carboxylic acids is 1. The summed E-state index contributed by atoms with van der Waals surface area (Å²) in [6.07, 6.45) is 1.35. The number of carboxylic acids is 1. The van der Waals surface area contributed by atoms with Crippen LogP contribution in [0.15, 0.2) is 6.20 Å². The molecule has 7 heteroatoms. The molecule has 1 aromatic rings. The van der Waals surface area contributed by atoms with Gasteiger partial charge in [-0.1, -0.05) is 6.92 Å². The molecule has 0 bridgehead atoms. The van der Waals surface area contributed by atoms with Gasteiger partial charge in [0.2, 0.25) is 5.01 Å². The van der Waals surface area contributed by atoms with Gasteiger partial charge in [0.25, 0.3) is 5.91 Å². The van der Waals surface area contributed by atoms with Gasteiger partial charge in [-0.25, -0.2) is 9.78 Å². The highest BCUT2D eigenvalue weighted by atomic mass is 32.1. The molecule has 1 saturated heterocycles. The maximum Gasteiger partial charge on any atom is 0.365 e. The fourth-order valence-electron chi connectivity index (χ4n) is 2.28. The smallest absolute Gasteiger partial charge is 0.365 e. The molecule has 1 aliphatic rings. The minimum atomic E-state index is -1.09. The van der Waals surface area contributed by atoms with Crippen LogP contribution in [-0.4, -0.2) is 64.0 Å². The molecule has 1 unspecified atom stereocenters. The Labute approximate surface area is 115 Å². The Balaban J connectivity index is 2.05. The van der Waals surface area contributed by atoms with Crippen molar-refractivity contribution < 1.29 is 14.7 Å². The van der Waals surface area contributed by atoms with Crippen LogP contribution in [-0.2, 0) is 0 Å². The Bertz CT molecular complexity index is 488. The van der Waals surface area contributed by atoms with Crippen LogP contribution in [0.3, 0.4) is 0 Å². The summed E-state index contributed by atoms with van der Waals surface area (Å²) in [5.41, 5.74) is 0. The van der Waals surface area contributed by atoms with Crippen molar-refractivity contribution in [3.05, 3.63) is 16.1 Å². The van der Waals surface area contributed by atoms with Crippen LogP contribution in [0.1, 0.15) is 33.3 Å². The lowest BCUT2D eigenvalue weighted by Crippen LogP contribution is -2.53. The lowest BCUT2D eigenvalue weighted by atomic mass is 10.2. The largest absolute Gasteiger partial charge is 0.476 e. The fraction of sp³-hybridized carbons (Fsp3) is 0.583. The third-order valence-electron chi connectivity index (χ3n) is 3.36. The van der Waals surface area contributed by atoms with Crippen LogP contribution in [0.5, 0.6) is 0 Å². The number of likely N-dealkylation sites (N-methyl/N-ethyl adjacent to an activating group) is 1. The summed E-state index contributed by atoms with van der Waals surface area (Å²) in [5, 5.41) is 8.78. The Morgan fingerprint density at radius 1 is 1.53 bits per heavy atom. The first-order valence-electron chi connectivity index (χ1n) is 6.25. The van der Waals surface area contributed by atoms with E-state index in [2.05, 4.69) is 23.7 Å². The predicted octanol–water partition coefficient (Wildman–Crippen LogP) is 1.01. The molecule has 1 fully saturated rings. The van der Waals surface area contributed by atoms with Crippen LogP contribution < -0.4 is 0 Å². The first kappa shape index (κ1) is 14.0. The molecule has 1 aromatic heterocycles. The van der Waals surface area contributed by atoms with Gasteiger partial charge in [-0.15, -0.1) is 11.3 Å². The van der Waals surface area contributed by atoms with Gasteiger partial charge < -0.3 is 10.0 Å². The van der Waals surface area contributed by atoms with E-state index >= 15 is 0 Å². The molecule has 0 aromatic carbocycles. The molecule has 0 aliphatic carbocycles. The predicted molar refractivity (Wildman–Crippen MR) is 71.7 cm³/mol. The van der Waals surface area contributed by atoms with E-state index in [1.165, 1.54) is 6.20 Å². The van der Waals surface area contributed by atoms with E-state index in [1.807, 2.05) is 0 Å². The average molecular weight is 283 g/mol. The number of thiazole rings is 1. The molecule has 0 radical (unpaired) electrons. The molecule has 6 nitrogen and oxygen atoms in total. The summed E-state index contributed by atoms with van der Waals surface area (Å²) in [5.74, 6) is -1.21. The number of amides is 1. The third kappa shape index (κ3) is 2.93. The quantitative estimate of drug-likeness (QED) is 0.896. The summed E-state index contributed by atoms with van der Waals surface area (Å²) < 4.78 is 0. The molecule has 2 heterocycles. The lowest BCUT2D eigenvalue weighted by molar-refractivity contribution is 0.0532. The molecular formula is C12H17N3O3S. The molecule has 104 valence electrons. The summed E-state index contributed by atoms with van der Waals surface area (Å²) in [7, 11) is 0. The zero-order valence-corrected chi connectivity index (χ0v) is 11.8. The van der Waals surface area contributed by atoms with Gasteiger partial charge in [0, 0.05) is 25.7 Å². The minimum absolute atomic E-state index is 0.0383. The van der Waals surface area contributed by atoms with Crippen molar-refractivity contribution in [2.24, 2.45) is 0 Å². The van der Waals surface area contributed by atoms with E-state index in [0.29, 0.717) is 24.0 Å². The molecule has 2 rings (SSSR count). The van der Waals surface area contributed by atoms with Gasteiger partial charge in [0.1, 0.15) is 4.88 Å². The number of rotatable bonds is 3. The van der Waals surface area contributed by atoms with Gasteiger partial charge in [-0.2, -0.15) is 0 Å². The maximum absolute atomic E-state index is 12.3. The summed E-state index contributed by atoms with van der Waals surface area (Å²) in [6, 6.07) is 0.328. The molecule has 19 heavy (non-hydrogen) atoms. The standard InChI is InChI=1S/C12H17N3O3S/c1-3-14-4-5-15(7-8(14)2)11(16)9-6-13-10(19-9)12(17)18/h6,8H,3-5,7H2,1-2H3,(H,17,18). The number of carbonyl (C=O) groups is 2. The molecule has 1 atom stereocenters. The van der Waals surface area contributed by atoms with E-state index in [9.17, 15) is 9.59 Å². The first-order valence-corrected chi connectivity index (χ1v) is 7.07. The first-order chi connectivity index (χ1) is 9.02. The summed E-state index contributed by atoms with van der Waals surface area (Å²) in [6.45, 7) is 7.39. The normalized spacial score (nSPS) is 20.5. The monoisotopic (exact) mass is 283 g/mol. The second kappa shape index (κ2) is 5.66. The molecule has 0 spiro atoms. The van der Waals surface area contributed by atoms with Gasteiger partial charge in [-0.3, -0.25) is 9.69 Å². The van der Waals surface area contributed by atoms with Crippen LogP contribution in [0.4, 0.5) is 0 Å². The van der Waals surface area contributed by atoms with Crippen LogP contribution in [0.2, 0.25) is 0 Å². The highest BCUT2D eigenvalue weighted by Gasteiger charge is 2.27. The topological polar surface area (TPSA) is 73.7 Å². The van der Waals surface area contributed by atoms with E-state index in [4.69, 9.17) is 5.11 Å². The molecular weight excluding hydrogens is 266 g/mol. The van der Waals surface area contributed by atoms with Crippen molar-refractivity contribution >= 4 is 23.2 Å². The van der Waals surface area contributed by atoms with Crippen molar-refractivity contribution in [1.82, 2.24) is 14.8 Å². The molecule has 1 aliphatic heterocycles. The lowest BCUT2D eigenvalue weighted by Gasteiger charge is -2.39. The Kier molecular flexibility index (Phi) is 4.16. The number of hydrogen-bond acceptors (Lipinski definition) is 5. The number of nitrogens with zero attached hydrogens (tertiary/aromatic N) is 3. The zero-order valence-electron chi connectivity index (χ0n) is 11.0. The second-order valence-electron chi connectivity index (χ2n) is 4.56. The molecule has 0 saturated carbocycles. The van der Waals surface area contributed by atoms with Gasteiger partial charge >= 0.3 is 5.97 Å². The molecule has 1 N–H and O–H groups in total. The average Bonchev–Trinajstić information content (AvgIpc) is 2.87. The van der Waals surface area contributed by atoms with E-state index in [-0.39, 0.29) is 10.9 Å². The van der Waals surface area contributed by atoms with Crippen molar-refractivity contribution in [2.75, 3.05) is 26.2 Å². The third-order valence-corrected chi connectivity index (χ3v) is 4.33. The number of carbonyl (C=O) groups excluding carboxylic acids is 1. The van der Waals surface area contributed by atoms with Crippen molar-refractivity contribution in [3.63, 3.8) is 0 Å². The van der Waals surface area contributed by atoms with Gasteiger partial charge in [0.05, 0.1) is 6.20 Å². The molecule has 1 amide bonds. The van der Waals surface area contributed by atoms with Crippen LogP contribution >= 0.6 is 11.3 Å². The number of carboxylic acid groups (broad SMARTS) is 1. The second-order valence-corrected chi connectivity index (χ2v) is 5.59. The highest BCUT2D eigenvalue weighted by molar-refractivity contribution is 7.15. The van der Waals surface area contributed by atoms with Crippen molar-refractivity contribution in [2.45, 2.75) is 19.9 Å². The fourth-order valence-corrected chi connectivity index (χ4v) is 3.00. The summed E-state index contributed by atoms with van der Waals surface area (Å²) in [4.78, 5) is 31.3. The highest BCUT2D eigenvalue weighted by Crippen LogP contribution is 2.18. The zero-order chi connectivity index (χ0) is 14.0. The van der Waals surface area contributed by atoms with Gasteiger partial charge in [-0.05, 0) is 13.5 Å². The SMILES string of the molecule is CCN1CCN(C(=O)c2cnc(C(=O)O)s2)CC1C. The van der Waals surface area contributed by atoms with Crippen molar-refractivity contribution in [3.8, 4) is 0 Å². The van der Waals surface area contributed by atoms with Crippen LogP contribution in [0, 0.1) is 0 Å². The van der Waals surface area contributed by atoms with E-state index in [0.717, 1.165) is 24.4 Å². The van der Waals surface area contributed by atoms with Crippen LogP contribution in [0.25, 0.3) is 0 Å². The van der Waals surface area contributed by atoms with E-state index in [1.54, 1.807) is 4.90 Å². The maximum atomic E-state index is 12.3. The van der Waals surface area contributed by atoms with E-state index < -0.39 is 5.97 Å².